The van der Waals surface area contributed by atoms with Crippen molar-refractivity contribution >= 4 is 27.6 Å². The molecule has 3 atom stereocenters. The minimum atomic E-state index is -0.834. The van der Waals surface area contributed by atoms with E-state index in [1.54, 1.807) is 24.3 Å². The molecule has 0 unspecified atom stereocenters. The summed E-state index contributed by atoms with van der Waals surface area (Å²) >= 11 is 0. The predicted octanol–water partition coefficient (Wildman–Crippen LogP) is 1.28. The van der Waals surface area contributed by atoms with Crippen molar-refractivity contribution in [2.75, 3.05) is 5.75 Å². The van der Waals surface area contributed by atoms with Crippen LogP contribution in [-0.4, -0.2) is 36.7 Å². The summed E-state index contributed by atoms with van der Waals surface area (Å²) in [7, 11) is -0.834. The predicted molar refractivity (Wildman–Crippen MR) is 106 cm³/mol. The highest BCUT2D eigenvalue weighted by Crippen LogP contribution is 2.23. The molecule has 1 amide bonds. The summed E-state index contributed by atoms with van der Waals surface area (Å²) in [6, 6.07) is 6.89. The van der Waals surface area contributed by atoms with Crippen LogP contribution in [0.5, 0.6) is 0 Å². The monoisotopic (exact) mass is 391 g/mol. The van der Waals surface area contributed by atoms with Crippen molar-refractivity contribution in [2.24, 2.45) is 0 Å². The molecule has 1 heterocycles. The lowest BCUT2D eigenvalue weighted by atomic mass is 9.95. The number of nitrogens with one attached hydrogen (secondary N) is 2. The number of H-pyrrole nitrogens is 1. The van der Waals surface area contributed by atoms with Gasteiger partial charge in [-0.15, -0.1) is 0 Å². The van der Waals surface area contributed by atoms with Gasteiger partial charge in [-0.05, 0) is 31.4 Å². The number of carbonyl (C=O) groups excluding carboxylic acids is 1. The maximum absolute atomic E-state index is 12.4. The third-order valence-corrected chi connectivity index (χ3v) is 6.86. The Morgan fingerprint density at radius 3 is 2.85 bits per heavy atom. The van der Waals surface area contributed by atoms with Crippen LogP contribution >= 0.6 is 0 Å². The molecule has 1 saturated carbocycles. The number of benzene rings is 1. The molecule has 2 N–H and O–H groups in total. The Morgan fingerprint density at radius 1 is 1.30 bits per heavy atom. The van der Waals surface area contributed by atoms with Crippen molar-refractivity contribution in [3.8, 4) is 0 Å². The molecule has 1 fully saturated rings. The van der Waals surface area contributed by atoms with Gasteiger partial charge in [-0.25, -0.2) is 4.79 Å². The van der Waals surface area contributed by atoms with Crippen LogP contribution in [-0.2, 0) is 22.1 Å². The van der Waals surface area contributed by atoms with Crippen molar-refractivity contribution < 1.29 is 9.00 Å². The highest BCUT2D eigenvalue weighted by molar-refractivity contribution is 7.85. The van der Waals surface area contributed by atoms with Crippen LogP contribution in [0.25, 0.3) is 10.9 Å². The Bertz CT molecular complexity index is 965. The maximum atomic E-state index is 12.4. The van der Waals surface area contributed by atoms with Gasteiger partial charge in [0.1, 0.15) is 0 Å². The van der Waals surface area contributed by atoms with Gasteiger partial charge in [-0.2, -0.15) is 0 Å². The van der Waals surface area contributed by atoms with Crippen LogP contribution in [0.15, 0.2) is 33.9 Å². The van der Waals surface area contributed by atoms with E-state index < -0.39 is 22.0 Å². The number of aryl methyl sites for hydroxylation is 1. The van der Waals surface area contributed by atoms with E-state index in [4.69, 9.17) is 0 Å². The van der Waals surface area contributed by atoms with E-state index >= 15 is 0 Å². The summed E-state index contributed by atoms with van der Waals surface area (Å²) in [5.74, 6) is 0.512. The number of hydrogen-bond donors (Lipinski definition) is 2. The molecule has 1 aliphatic rings. The summed E-state index contributed by atoms with van der Waals surface area (Å²) in [4.78, 5) is 38.7. The van der Waals surface area contributed by atoms with Gasteiger partial charge in [0.2, 0.25) is 5.91 Å². The Morgan fingerprint density at radius 2 is 2.07 bits per heavy atom. The smallest absolute Gasteiger partial charge is 0.328 e. The Kier molecular flexibility index (Phi) is 6.26. The normalized spacial score (nSPS) is 21.1. The average molecular weight is 391 g/mol. The van der Waals surface area contributed by atoms with Crippen LogP contribution in [0.4, 0.5) is 0 Å². The van der Waals surface area contributed by atoms with Crippen LogP contribution in [0.1, 0.15) is 39.0 Å². The van der Waals surface area contributed by atoms with Gasteiger partial charge in [-0.3, -0.25) is 23.3 Å². The maximum Gasteiger partial charge on any atom is 0.328 e. The molecule has 1 aromatic carbocycles. The van der Waals surface area contributed by atoms with Crippen molar-refractivity contribution in [3.63, 3.8) is 0 Å². The SMILES string of the molecule is CC[S@@](=O)[C@H]1CCC[C@H](NC(=O)CCn2c(=O)[nH]c(=O)c3ccccc32)C1. The van der Waals surface area contributed by atoms with E-state index in [2.05, 4.69) is 10.3 Å². The fourth-order valence-corrected chi connectivity index (χ4v) is 5.08. The average Bonchev–Trinajstić information content (AvgIpc) is 2.67. The van der Waals surface area contributed by atoms with Crippen LogP contribution < -0.4 is 16.6 Å². The Labute approximate surface area is 159 Å². The van der Waals surface area contributed by atoms with E-state index in [1.165, 1.54) is 4.57 Å². The molecular formula is C19H25N3O4S. The zero-order valence-electron chi connectivity index (χ0n) is 15.4. The zero-order valence-corrected chi connectivity index (χ0v) is 16.2. The van der Waals surface area contributed by atoms with Gasteiger partial charge in [-0.1, -0.05) is 25.5 Å². The Balaban J connectivity index is 1.65. The summed E-state index contributed by atoms with van der Waals surface area (Å²) in [6.45, 7) is 2.11. The van der Waals surface area contributed by atoms with Gasteiger partial charge < -0.3 is 5.32 Å². The molecule has 0 aliphatic heterocycles. The van der Waals surface area contributed by atoms with Gasteiger partial charge in [0.05, 0.1) is 10.9 Å². The summed E-state index contributed by atoms with van der Waals surface area (Å²) in [5, 5.41) is 3.59. The van der Waals surface area contributed by atoms with E-state index in [-0.39, 0.29) is 30.2 Å². The molecule has 7 nitrogen and oxygen atoms in total. The van der Waals surface area contributed by atoms with Crippen LogP contribution in [0.3, 0.4) is 0 Å². The number of carbonyl (C=O) groups is 1. The standard InChI is InChI=1S/C19H25N3O4S/c1-2-27(26)14-7-5-6-13(12-14)20-17(23)10-11-22-16-9-4-3-8-15(16)18(24)21-19(22)25/h3-4,8-9,13-14H,2,5-7,10-12H2,1H3,(H,20,23)(H,21,24,25)/t13-,14-,27+/m0/s1. The highest BCUT2D eigenvalue weighted by Gasteiger charge is 2.26. The number of nitrogens with zero attached hydrogens (tertiary/aromatic N) is 1. The van der Waals surface area contributed by atoms with E-state index in [9.17, 15) is 18.6 Å². The molecule has 2 aromatic rings. The number of amides is 1. The largest absolute Gasteiger partial charge is 0.353 e. The molecule has 146 valence electrons. The molecule has 0 radical (unpaired) electrons. The number of aromatic amines is 1. The van der Waals surface area contributed by atoms with Gasteiger partial charge in [0.15, 0.2) is 0 Å². The quantitative estimate of drug-likeness (QED) is 0.774. The zero-order chi connectivity index (χ0) is 19.4. The minimum absolute atomic E-state index is 0.0378. The molecule has 0 spiro atoms. The van der Waals surface area contributed by atoms with E-state index in [0.29, 0.717) is 16.7 Å². The lowest BCUT2D eigenvalue weighted by Crippen LogP contribution is -2.41. The highest BCUT2D eigenvalue weighted by atomic mass is 32.2. The molecule has 0 bridgehead atoms. The third-order valence-electron chi connectivity index (χ3n) is 5.12. The summed E-state index contributed by atoms with van der Waals surface area (Å²) in [6.07, 6.45) is 3.70. The first-order valence-corrected chi connectivity index (χ1v) is 10.8. The lowest BCUT2D eigenvalue weighted by Gasteiger charge is -2.29. The van der Waals surface area contributed by atoms with Gasteiger partial charge in [0.25, 0.3) is 5.56 Å². The van der Waals surface area contributed by atoms with Crippen molar-refractivity contribution in [2.45, 2.75) is 56.9 Å². The summed E-state index contributed by atoms with van der Waals surface area (Å²) < 4.78 is 13.5. The first-order chi connectivity index (χ1) is 13.0. The molecule has 1 aromatic heterocycles. The van der Waals surface area contributed by atoms with Crippen molar-refractivity contribution in [3.05, 3.63) is 45.1 Å². The first kappa shape index (κ1) is 19.5. The number of rotatable bonds is 6. The summed E-state index contributed by atoms with van der Waals surface area (Å²) in [5.41, 5.74) is -0.411. The molecule has 3 rings (SSSR count). The number of fused-ring (bicyclic) bond motifs is 1. The topological polar surface area (TPSA) is 101 Å². The second-order valence-corrected chi connectivity index (χ2v) is 8.91. The third kappa shape index (κ3) is 4.55. The Hall–Kier alpha value is -2.22. The fraction of sp³-hybridized carbons (Fsp3) is 0.526. The molecule has 27 heavy (non-hydrogen) atoms. The second kappa shape index (κ2) is 8.65. The lowest BCUT2D eigenvalue weighted by molar-refractivity contribution is -0.122. The minimum Gasteiger partial charge on any atom is -0.353 e. The van der Waals surface area contributed by atoms with Crippen molar-refractivity contribution in [1.29, 1.82) is 0 Å². The van der Waals surface area contributed by atoms with Crippen LogP contribution in [0.2, 0.25) is 0 Å². The van der Waals surface area contributed by atoms with Gasteiger partial charge >= 0.3 is 5.69 Å². The van der Waals surface area contributed by atoms with E-state index in [0.717, 1.165) is 25.7 Å². The van der Waals surface area contributed by atoms with Crippen LogP contribution in [0, 0.1) is 0 Å². The first-order valence-electron chi connectivity index (χ1n) is 9.38. The number of aromatic nitrogens is 2. The molecule has 8 heteroatoms. The molecular weight excluding hydrogens is 366 g/mol. The second-order valence-electron chi connectivity index (χ2n) is 6.90. The van der Waals surface area contributed by atoms with Gasteiger partial charge in [0, 0.05) is 40.8 Å². The van der Waals surface area contributed by atoms with E-state index in [1.807, 2.05) is 6.92 Å². The molecule has 1 aliphatic carbocycles. The fourth-order valence-electron chi connectivity index (χ4n) is 3.73. The number of hydrogen-bond acceptors (Lipinski definition) is 4. The molecule has 0 saturated heterocycles. The van der Waals surface area contributed by atoms with Crippen molar-refractivity contribution in [1.82, 2.24) is 14.9 Å². The number of para-hydroxylation sites is 1.